The van der Waals surface area contributed by atoms with Gasteiger partial charge in [-0.25, -0.2) is 4.39 Å². The number of halogens is 1. The van der Waals surface area contributed by atoms with Crippen molar-refractivity contribution in [2.45, 2.75) is 38.3 Å². The van der Waals surface area contributed by atoms with Gasteiger partial charge in [0.05, 0.1) is 6.61 Å². The summed E-state index contributed by atoms with van der Waals surface area (Å²) in [5, 5.41) is 3.51. The Hall–Kier alpha value is -0.930. The zero-order chi connectivity index (χ0) is 12.1. The summed E-state index contributed by atoms with van der Waals surface area (Å²) in [6.45, 7) is 1.45. The fraction of sp³-hybridized carbons (Fsp3) is 0.571. The average Bonchev–Trinajstić information content (AvgIpc) is 2.35. The lowest BCUT2D eigenvalue weighted by Crippen LogP contribution is -2.35. The van der Waals surface area contributed by atoms with Crippen LogP contribution in [0.2, 0.25) is 0 Å². The Morgan fingerprint density at radius 3 is 3.00 bits per heavy atom. The molecular weight excluding hydrogens is 217 g/mol. The molecular formula is C14H20FNO. The van der Waals surface area contributed by atoms with Crippen LogP contribution in [0.4, 0.5) is 4.39 Å². The Bertz CT molecular complexity index is 361. The summed E-state index contributed by atoms with van der Waals surface area (Å²) >= 11 is 0. The van der Waals surface area contributed by atoms with Gasteiger partial charge in [0.2, 0.25) is 0 Å². The number of hydrogen-bond donors (Lipinski definition) is 1. The van der Waals surface area contributed by atoms with E-state index in [1.54, 1.807) is 13.2 Å². The molecule has 17 heavy (non-hydrogen) atoms. The molecule has 0 aliphatic carbocycles. The third-order valence-corrected chi connectivity index (χ3v) is 3.30. The molecule has 0 radical (unpaired) electrons. The number of rotatable bonds is 4. The van der Waals surface area contributed by atoms with E-state index in [-0.39, 0.29) is 5.82 Å². The summed E-state index contributed by atoms with van der Waals surface area (Å²) in [7, 11) is 1.59. The lowest BCUT2D eigenvalue weighted by Gasteiger charge is -2.23. The number of nitrogens with one attached hydrogen (secondary N) is 1. The second kappa shape index (κ2) is 6.12. The van der Waals surface area contributed by atoms with E-state index < -0.39 is 0 Å². The van der Waals surface area contributed by atoms with Crippen LogP contribution in [-0.4, -0.2) is 19.7 Å². The molecule has 1 heterocycles. The van der Waals surface area contributed by atoms with Crippen molar-refractivity contribution >= 4 is 0 Å². The third kappa shape index (κ3) is 3.51. The Morgan fingerprint density at radius 2 is 2.29 bits per heavy atom. The van der Waals surface area contributed by atoms with Crippen molar-refractivity contribution in [2.75, 3.05) is 13.7 Å². The highest BCUT2D eigenvalue weighted by atomic mass is 19.1. The minimum atomic E-state index is -0.174. The van der Waals surface area contributed by atoms with Crippen LogP contribution in [0, 0.1) is 5.82 Å². The van der Waals surface area contributed by atoms with E-state index in [0.717, 1.165) is 13.0 Å². The molecule has 1 aliphatic rings. The number of ether oxygens (including phenoxy) is 1. The van der Waals surface area contributed by atoms with Crippen molar-refractivity contribution in [3.63, 3.8) is 0 Å². The maximum Gasteiger partial charge on any atom is 0.128 e. The van der Waals surface area contributed by atoms with E-state index in [9.17, 15) is 4.39 Å². The smallest absolute Gasteiger partial charge is 0.128 e. The molecule has 2 nitrogen and oxygen atoms in total. The Kier molecular flexibility index (Phi) is 4.51. The van der Waals surface area contributed by atoms with Crippen LogP contribution in [-0.2, 0) is 17.8 Å². The van der Waals surface area contributed by atoms with Crippen LogP contribution < -0.4 is 5.32 Å². The van der Waals surface area contributed by atoms with Gasteiger partial charge in [0.25, 0.3) is 0 Å². The fourth-order valence-electron chi connectivity index (χ4n) is 2.40. The van der Waals surface area contributed by atoms with Crippen LogP contribution in [0.3, 0.4) is 0 Å². The normalized spacial score (nSPS) is 20.5. The molecule has 2 rings (SSSR count). The van der Waals surface area contributed by atoms with E-state index in [4.69, 9.17) is 4.74 Å². The first-order chi connectivity index (χ1) is 8.29. The predicted molar refractivity (Wildman–Crippen MR) is 66.5 cm³/mol. The van der Waals surface area contributed by atoms with Crippen molar-refractivity contribution < 1.29 is 9.13 Å². The van der Waals surface area contributed by atoms with Crippen molar-refractivity contribution in [1.82, 2.24) is 5.32 Å². The molecule has 3 heteroatoms. The van der Waals surface area contributed by atoms with E-state index in [1.165, 1.54) is 24.8 Å². The predicted octanol–water partition coefficient (Wildman–Crippen LogP) is 2.66. The van der Waals surface area contributed by atoms with Gasteiger partial charge in [0.1, 0.15) is 5.82 Å². The van der Waals surface area contributed by atoms with Crippen molar-refractivity contribution in [3.8, 4) is 0 Å². The van der Waals surface area contributed by atoms with E-state index in [1.807, 2.05) is 12.1 Å². The zero-order valence-corrected chi connectivity index (χ0v) is 10.3. The number of methoxy groups -OCH3 is 1. The van der Waals surface area contributed by atoms with E-state index in [0.29, 0.717) is 18.2 Å². The van der Waals surface area contributed by atoms with Crippen molar-refractivity contribution in [2.24, 2.45) is 0 Å². The van der Waals surface area contributed by atoms with Crippen LogP contribution in [0.25, 0.3) is 0 Å². The van der Waals surface area contributed by atoms with Gasteiger partial charge in [-0.3, -0.25) is 0 Å². The fourth-order valence-corrected chi connectivity index (χ4v) is 2.40. The number of benzene rings is 1. The molecule has 1 aliphatic heterocycles. The first-order valence-corrected chi connectivity index (χ1v) is 6.29. The molecule has 1 fully saturated rings. The highest BCUT2D eigenvalue weighted by Gasteiger charge is 2.13. The summed E-state index contributed by atoms with van der Waals surface area (Å²) in [6, 6.07) is 5.90. The summed E-state index contributed by atoms with van der Waals surface area (Å²) in [5.74, 6) is -0.174. The molecule has 0 saturated carbocycles. The van der Waals surface area contributed by atoms with E-state index in [2.05, 4.69) is 5.32 Å². The monoisotopic (exact) mass is 237 g/mol. The molecule has 1 aromatic carbocycles. The molecule has 1 unspecified atom stereocenters. The highest BCUT2D eigenvalue weighted by molar-refractivity contribution is 5.25. The SMILES string of the molecule is COCc1cc(CC2CCCCN2)ccc1F. The first-order valence-electron chi connectivity index (χ1n) is 6.29. The summed E-state index contributed by atoms with van der Waals surface area (Å²) in [4.78, 5) is 0. The van der Waals surface area contributed by atoms with E-state index >= 15 is 0 Å². The largest absolute Gasteiger partial charge is 0.380 e. The van der Waals surface area contributed by atoms with Gasteiger partial charge in [-0.1, -0.05) is 18.6 Å². The van der Waals surface area contributed by atoms with Gasteiger partial charge in [-0.05, 0) is 37.4 Å². The topological polar surface area (TPSA) is 21.3 Å². The lowest BCUT2D eigenvalue weighted by molar-refractivity contribution is 0.181. The highest BCUT2D eigenvalue weighted by Crippen LogP contribution is 2.16. The van der Waals surface area contributed by atoms with Gasteiger partial charge in [-0.2, -0.15) is 0 Å². The van der Waals surface area contributed by atoms with Crippen LogP contribution in [0.1, 0.15) is 30.4 Å². The zero-order valence-electron chi connectivity index (χ0n) is 10.3. The Morgan fingerprint density at radius 1 is 1.41 bits per heavy atom. The summed E-state index contributed by atoms with van der Waals surface area (Å²) in [6.07, 6.45) is 4.77. The molecule has 0 amide bonds. The summed E-state index contributed by atoms with van der Waals surface area (Å²) in [5.41, 5.74) is 1.85. The molecule has 94 valence electrons. The second-order valence-corrected chi connectivity index (χ2v) is 4.71. The molecule has 1 aromatic rings. The van der Waals surface area contributed by atoms with Gasteiger partial charge < -0.3 is 10.1 Å². The molecule has 1 N–H and O–H groups in total. The lowest BCUT2D eigenvalue weighted by atomic mass is 9.97. The third-order valence-electron chi connectivity index (χ3n) is 3.30. The molecule has 0 spiro atoms. The summed E-state index contributed by atoms with van der Waals surface area (Å²) < 4.78 is 18.4. The minimum Gasteiger partial charge on any atom is -0.380 e. The second-order valence-electron chi connectivity index (χ2n) is 4.71. The minimum absolute atomic E-state index is 0.174. The molecule has 0 aromatic heterocycles. The average molecular weight is 237 g/mol. The van der Waals surface area contributed by atoms with Crippen LogP contribution in [0.5, 0.6) is 0 Å². The quantitative estimate of drug-likeness (QED) is 0.869. The maximum atomic E-state index is 13.4. The Labute approximate surface area is 102 Å². The van der Waals surface area contributed by atoms with Crippen LogP contribution in [0.15, 0.2) is 18.2 Å². The van der Waals surface area contributed by atoms with Gasteiger partial charge in [0, 0.05) is 18.7 Å². The standard InChI is InChI=1S/C14H20FNO/c1-17-10-12-8-11(5-6-14(12)15)9-13-4-2-3-7-16-13/h5-6,8,13,16H,2-4,7,9-10H2,1H3. The van der Waals surface area contributed by atoms with Crippen LogP contribution >= 0.6 is 0 Å². The van der Waals surface area contributed by atoms with Crippen molar-refractivity contribution in [3.05, 3.63) is 35.1 Å². The van der Waals surface area contributed by atoms with Gasteiger partial charge in [-0.15, -0.1) is 0 Å². The van der Waals surface area contributed by atoms with Crippen molar-refractivity contribution in [1.29, 1.82) is 0 Å². The maximum absolute atomic E-state index is 13.4. The molecule has 1 saturated heterocycles. The van der Waals surface area contributed by atoms with Gasteiger partial charge >= 0.3 is 0 Å². The molecule has 1 atom stereocenters. The molecule has 0 bridgehead atoms. The number of piperidine rings is 1. The van der Waals surface area contributed by atoms with Gasteiger partial charge in [0.15, 0.2) is 0 Å². The first kappa shape index (κ1) is 12.5. The Balaban J connectivity index is 2.02. The number of hydrogen-bond acceptors (Lipinski definition) is 2.